The van der Waals surface area contributed by atoms with Crippen molar-refractivity contribution in [3.05, 3.63) is 48.3 Å². The second kappa shape index (κ2) is 9.33. The Morgan fingerprint density at radius 1 is 1.23 bits per heavy atom. The first-order valence-corrected chi connectivity index (χ1v) is 10.8. The molecule has 3 atom stereocenters. The van der Waals surface area contributed by atoms with Gasteiger partial charge in [-0.3, -0.25) is 0 Å². The van der Waals surface area contributed by atoms with Crippen molar-refractivity contribution >= 4 is 5.97 Å². The molecule has 30 heavy (non-hydrogen) atoms. The van der Waals surface area contributed by atoms with Crippen molar-refractivity contribution in [3.63, 3.8) is 0 Å². The number of carbonyl (C=O) groups excluding carboxylic acids is 1. The zero-order chi connectivity index (χ0) is 21.8. The molecular formula is C23H32F2N2O3. The number of alkyl halides is 2. The number of aliphatic hydroxyl groups is 1. The van der Waals surface area contributed by atoms with Crippen LogP contribution in [0.2, 0.25) is 0 Å². The fourth-order valence-electron chi connectivity index (χ4n) is 4.43. The third-order valence-corrected chi connectivity index (χ3v) is 6.20. The fraction of sp³-hybridized carbons (Fsp3) is 0.609. The first kappa shape index (κ1) is 22.5. The molecule has 1 aromatic carbocycles. The minimum atomic E-state index is -2.86. The SMILES string of the molecule is CCCN1C=CN(CCCOC(=O)[C@](O)(c2ccccc2)[C@@H]2CCC(F)(F)C2)C1C. The molecule has 166 valence electrons. The van der Waals surface area contributed by atoms with Crippen LogP contribution in [0.5, 0.6) is 0 Å². The van der Waals surface area contributed by atoms with E-state index in [1.165, 1.54) is 0 Å². The van der Waals surface area contributed by atoms with E-state index in [0.29, 0.717) is 18.5 Å². The number of carbonyl (C=O) groups is 1. The maximum absolute atomic E-state index is 13.8. The molecule has 0 aromatic heterocycles. The van der Waals surface area contributed by atoms with Crippen molar-refractivity contribution in [1.29, 1.82) is 0 Å². The van der Waals surface area contributed by atoms with Crippen LogP contribution in [0.4, 0.5) is 8.78 Å². The number of benzene rings is 1. The van der Waals surface area contributed by atoms with E-state index in [1.807, 2.05) is 6.20 Å². The lowest BCUT2D eigenvalue weighted by Crippen LogP contribution is -2.44. The fourth-order valence-corrected chi connectivity index (χ4v) is 4.43. The average Bonchev–Trinajstić information content (AvgIpc) is 3.28. The molecule has 1 unspecified atom stereocenters. The molecule has 1 aliphatic heterocycles. The number of hydrogen-bond acceptors (Lipinski definition) is 5. The standard InChI is InChI=1S/C23H32F2N2O3/c1-3-12-26-14-15-27(18(26)2)13-7-16-30-21(28)23(29,19-8-5-4-6-9-19)20-10-11-22(24,25)17-20/h4-6,8-9,14-15,18,20,29H,3,7,10-13,16-17H2,1-2H3/t18?,20-,23+/m1/s1. The summed E-state index contributed by atoms with van der Waals surface area (Å²) in [7, 11) is 0. The van der Waals surface area contributed by atoms with Crippen molar-refractivity contribution < 1.29 is 23.4 Å². The van der Waals surface area contributed by atoms with Gasteiger partial charge in [0, 0.05) is 44.2 Å². The smallest absolute Gasteiger partial charge is 0.343 e. The predicted octanol–water partition coefficient (Wildman–Crippen LogP) is 4.09. The van der Waals surface area contributed by atoms with Crippen LogP contribution in [0.25, 0.3) is 0 Å². The molecule has 7 heteroatoms. The quantitative estimate of drug-likeness (QED) is 0.480. The molecule has 1 fully saturated rings. The normalized spacial score (nSPS) is 24.8. The van der Waals surface area contributed by atoms with Crippen LogP contribution in [0.3, 0.4) is 0 Å². The van der Waals surface area contributed by atoms with E-state index >= 15 is 0 Å². The van der Waals surface area contributed by atoms with Crippen molar-refractivity contribution in [2.75, 3.05) is 19.7 Å². The van der Waals surface area contributed by atoms with Gasteiger partial charge in [-0.15, -0.1) is 0 Å². The highest BCUT2D eigenvalue weighted by atomic mass is 19.3. The summed E-state index contributed by atoms with van der Waals surface area (Å²) < 4.78 is 33.1. The largest absolute Gasteiger partial charge is 0.463 e. The van der Waals surface area contributed by atoms with Crippen molar-refractivity contribution in [3.8, 4) is 0 Å². The maximum Gasteiger partial charge on any atom is 0.343 e. The van der Waals surface area contributed by atoms with E-state index < -0.39 is 29.8 Å². The molecule has 0 spiro atoms. The molecule has 0 radical (unpaired) electrons. The van der Waals surface area contributed by atoms with Crippen molar-refractivity contribution in [2.24, 2.45) is 5.92 Å². The van der Waals surface area contributed by atoms with Crippen LogP contribution in [0.1, 0.15) is 51.5 Å². The molecule has 1 heterocycles. The van der Waals surface area contributed by atoms with Crippen molar-refractivity contribution in [1.82, 2.24) is 9.80 Å². The second-order valence-electron chi connectivity index (χ2n) is 8.32. The van der Waals surface area contributed by atoms with Crippen LogP contribution in [-0.4, -0.2) is 52.7 Å². The molecule has 3 rings (SSSR count). The van der Waals surface area contributed by atoms with E-state index in [9.17, 15) is 18.7 Å². The summed E-state index contributed by atoms with van der Waals surface area (Å²) in [6.07, 6.45) is 5.24. The Kier molecular flexibility index (Phi) is 7.01. The zero-order valence-corrected chi connectivity index (χ0v) is 17.8. The topological polar surface area (TPSA) is 53.0 Å². The van der Waals surface area contributed by atoms with Gasteiger partial charge in [0.25, 0.3) is 0 Å². The van der Waals surface area contributed by atoms with Gasteiger partial charge in [-0.2, -0.15) is 0 Å². The molecule has 5 nitrogen and oxygen atoms in total. The van der Waals surface area contributed by atoms with Gasteiger partial charge < -0.3 is 19.6 Å². The first-order chi connectivity index (χ1) is 14.3. The summed E-state index contributed by atoms with van der Waals surface area (Å²) in [4.78, 5) is 17.3. The summed E-state index contributed by atoms with van der Waals surface area (Å²) in [5.74, 6) is -4.57. The summed E-state index contributed by atoms with van der Waals surface area (Å²) in [6.45, 7) is 6.07. The number of halogens is 2. The van der Waals surface area contributed by atoms with E-state index in [-0.39, 0.29) is 25.6 Å². The highest BCUT2D eigenvalue weighted by Gasteiger charge is 2.54. The van der Waals surface area contributed by atoms with Gasteiger partial charge >= 0.3 is 5.97 Å². The van der Waals surface area contributed by atoms with Gasteiger partial charge in [-0.05, 0) is 31.7 Å². The second-order valence-corrected chi connectivity index (χ2v) is 8.32. The van der Waals surface area contributed by atoms with Crippen LogP contribution < -0.4 is 0 Å². The van der Waals surface area contributed by atoms with Crippen molar-refractivity contribution in [2.45, 2.75) is 63.6 Å². The molecule has 1 aromatic rings. The third-order valence-electron chi connectivity index (χ3n) is 6.20. The Morgan fingerprint density at radius 3 is 2.50 bits per heavy atom. The number of nitrogens with zero attached hydrogens (tertiary/aromatic N) is 2. The monoisotopic (exact) mass is 422 g/mol. The Bertz CT molecular complexity index is 743. The Hall–Kier alpha value is -2.15. The minimum absolute atomic E-state index is 0.0802. The molecular weight excluding hydrogens is 390 g/mol. The van der Waals surface area contributed by atoms with E-state index in [2.05, 4.69) is 29.8 Å². The Balaban J connectivity index is 1.59. The van der Waals surface area contributed by atoms with Gasteiger partial charge in [0.05, 0.1) is 12.8 Å². The summed E-state index contributed by atoms with van der Waals surface area (Å²) >= 11 is 0. The van der Waals surface area contributed by atoms with Gasteiger partial charge in [0.15, 0.2) is 5.60 Å². The van der Waals surface area contributed by atoms with Gasteiger partial charge in [-0.25, -0.2) is 13.6 Å². The van der Waals surface area contributed by atoms with E-state index in [1.54, 1.807) is 30.3 Å². The maximum atomic E-state index is 13.8. The van der Waals surface area contributed by atoms with Crippen LogP contribution in [0.15, 0.2) is 42.7 Å². The molecule has 1 N–H and O–H groups in total. The van der Waals surface area contributed by atoms with Crippen LogP contribution in [-0.2, 0) is 15.1 Å². The third kappa shape index (κ3) is 4.77. The molecule has 0 bridgehead atoms. The van der Waals surface area contributed by atoms with Gasteiger partial charge in [-0.1, -0.05) is 37.3 Å². The number of rotatable bonds is 9. The molecule has 1 aliphatic carbocycles. The molecule has 0 amide bonds. The van der Waals surface area contributed by atoms with Crippen LogP contribution in [0, 0.1) is 5.92 Å². The number of esters is 1. The lowest BCUT2D eigenvalue weighted by atomic mass is 9.80. The minimum Gasteiger partial charge on any atom is -0.463 e. The number of hydrogen-bond donors (Lipinski definition) is 1. The summed E-state index contributed by atoms with van der Waals surface area (Å²) in [5.41, 5.74) is -1.75. The summed E-state index contributed by atoms with van der Waals surface area (Å²) in [6, 6.07) is 8.31. The van der Waals surface area contributed by atoms with E-state index in [4.69, 9.17) is 4.74 Å². The molecule has 0 saturated heterocycles. The lowest BCUT2D eigenvalue weighted by molar-refractivity contribution is -0.175. The number of ether oxygens (including phenoxy) is 1. The van der Waals surface area contributed by atoms with E-state index in [0.717, 1.165) is 13.0 Å². The predicted molar refractivity (Wildman–Crippen MR) is 111 cm³/mol. The Labute approximate surface area is 177 Å². The first-order valence-electron chi connectivity index (χ1n) is 10.8. The Morgan fingerprint density at radius 2 is 1.90 bits per heavy atom. The highest BCUT2D eigenvalue weighted by molar-refractivity contribution is 5.81. The zero-order valence-electron chi connectivity index (χ0n) is 17.8. The molecule has 1 saturated carbocycles. The highest BCUT2D eigenvalue weighted by Crippen LogP contribution is 2.47. The lowest BCUT2D eigenvalue weighted by Gasteiger charge is -2.32. The van der Waals surface area contributed by atoms with Gasteiger partial charge in [0.2, 0.25) is 5.92 Å². The molecule has 2 aliphatic rings. The summed E-state index contributed by atoms with van der Waals surface area (Å²) in [5, 5.41) is 11.3. The van der Waals surface area contributed by atoms with Crippen LogP contribution >= 0.6 is 0 Å². The average molecular weight is 423 g/mol. The van der Waals surface area contributed by atoms with Gasteiger partial charge in [0.1, 0.15) is 0 Å².